The van der Waals surface area contributed by atoms with Crippen molar-refractivity contribution in [2.45, 2.75) is 13.0 Å². The molecule has 0 spiro atoms. The number of rotatable bonds is 5. The van der Waals surface area contributed by atoms with Crippen LogP contribution < -0.4 is 10.6 Å². The van der Waals surface area contributed by atoms with E-state index in [1.165, 1.54) is 11.3 Å². The maximum Gasteiger partial charge on any atom is 0.265 e. The summed E-state index contributed by atoms with van der Waals surface area (Å²) in [7, 11) is 0. The summed E-state index contributed by atoms with van der Waals surface area (Å²) in [6, 6.07) is 17.6. The topological polar surface area (TPSA) is 58.2 Å². The smallest absolute Gasteiger partial charge is 0.265 e. The van der Waals surface area contributed by atoms with Gasteiger partial charge in [0.1, 0.15) is 0 Å². The third-order valence-corrected chi connectivity index (χ3v) is 4.97. The van der Waals surface area contributed by atoms with Gasteiger partial charge in [-0.3, -0.25) is 9.59 Å². The summed E-state index contributed by atoms with van der Waals surface area (Å²) in [4.78, 5) is 25.3. The van der Waals surface area contributed by atoms with Crippen LogP contribution in [0.1, 0.15) is 38.6 Å². The van der Waals surface area contributed by atoms with Crippen molar-refractivity contribution in [3.63, 3.8) is 0 Å². The summed E-state index contributed by atoms with van der Waals surface area (Å²) in [5.74, 6) is -0.397. The van der Waals surface area contributed by atoms with E-state index in [9.17, 15) is 9.59 Å². The second-order valence-electron chi connectivity index (χ2n) is 5.76. The number of hydrogen-bond acceptors (Lipinski definition) is 3. The molecule has 2 N–H and O–H groups in total. The first-order valence-electron chi connectivity index (χ1n) is 8.04. The molecule has 6 heteroatoms. The highest BCUT2D eigenvalue weighted by molar-refractivity contribution is 7.12. The standard InChI is InChI=1S/C20H17ClN2O2S/c1-13(14-7-9-16(21)10-8-14)22-19(24)15-4-2-5-17(12-15)23-20(25)18-6-3-11-26-18/h2-13H,1H3,(H,22,24)(H,23,25). The quantitative estimate of drug-likeness (QED) is 0.639. The van der Waals surface area contributed by atoms with E-state index in [1.54, 1.807) is 42.5 Å². The zero-order valence-corrected chi connectivity index (χ0v) is 15.6. The molecule has 0 bridgehead atoms. The van der Waals surface area contributed by atoms with Crippen molar-refractivity contribution < 1.29 is 9.59 Å². The fourth-order valence-electron chi connectivity index (χ4n) is 2.45. The van der Waals surface area contributed by atoms with Gasteiger partial charge in [0.25, 0.3) is 11.8 Å². The van der Waals surface area contributed by atoms with Gasteiger partial charge < -0.3 is 10.6 Å². The van der Waals surface area contributed by atoms with Crippen molar-refractivity contribution in [2.75, 3.05) is 5.32 Å². The highest BCUT2D eigenvalue weighted by Crippen LogP contribution is 2.18. The Morgan fingerprint density at radius 3 is 2.46 bits per heavy atom. The highest BCUT2D eigenvalue weighted by Gasteiger charge is 2.13. The van der Waals surface area contributed by atoms with Crippen molar-refractivity contribution in [3.8, 4) is 0 Å². The lowest BCUT2D eigenvalue weighted by molar-refractivity contribution is 0.0938. The number of hydrogen-bond donors (Lipinski definition) is 2. The molecule has 0 aliphatic heterocycles. The summed E-state index contributed by atoms with van der Waals surface area (Å²) >= 11 is 7.26. The maximum absolute atomic E-state index is 12.5. The van der Waals surface area contributed by atoms with E-state index < -0.39 is 0 Å². The largest absolute Gasteiger partial charge is 0.346 e. The highest BCUT2D eigenvalue weighted by atomic mass is 35.5. The Hall–Kier alpha value is -2.63. The molecule has 0 aliphatic rings. The van der Waals surface area contributed by atoms with E-state index in [0.717, 1.165) is 5.56 Å². The number of thiophene rings is 1. The molecule has 3 aromatic rings. The van der Waals surface area contributed by atoms with Crippen LogP contribution in [0.15, 0.2) is 66.0 Å². The molecule has 1 heterocycles. The first kappa shape index (κ1) is 18.2. The number of benzene rings is 2. The molecule has 1 aromatic heterocycles. The van der Waals surface area contributed by atoms with E-state index in [4.69, 9.17) is 11.6 Å². The number of halogens is 1. The Bertz CT molecular complexity index is 908. The summed E-state index contributed by atoms with van der Waals surface area (Å²) in [5.41, 5.74) is 2.02. The van der Waals surface area contributed by atoms with Gasteiger partial charge in [-0.25, -0.2) is 0 Å². The molecule has 1 unspecified atom stereocenters. The zero-order valence-electron chi connectivity index (χ0n) is 14.0. The third kappa shape index (κ3) is 4.50. The van der Waals surface area contributed by atoms with Crippen LogP contribution in [0.5, 0.6) is 0 Å². The lowest BCUT2D eigenvalue weighted by Crippen LogP contribution is -2.26. The molecule has 2 aromatic carbocycles. The minimum absolute atomic E-state index is 0.163. The van der Waals surface area contributed by atoms with Crippen LogP contribution in [-0.2, 0) is 0 Å². The van der Waals surface area contributed by atoms with Crippen molar-refractivity contribution in [2.24, 2.45) is 0 Å². The minimum atomic E-state index is -0.209. The second kappa shape index (κ2) is 8.17. The summed E-state index contributed by atoms with van der Waals surface area (Å²) in [5, 5.41) is 8.25. The predicted molar refractivity (Wildman–Crippen MR) is 106 cm³/mol. The molecule has 3 rings (SSSR count). The lowest BCUT2D eigenvalue weighted by Gasteiger charge is -2.15. The van der Waals surface area contributed by atoms with Gasteiger partial charge in [0.05, 0.1) is 10.9 Å². The molecular formula is C20H17ClN2O2S. The minimum Gasteiger partial charge on any atom is -0.346 e. The molecule has 0 radical (unpaired) electrons. The maximum atomic E-state index is 12.5. The Kier molecular flexibility index (Phi) is 5.71. The van der Waals surface area contributed by atoms with E-state index in [1.807, 2.05) is 30.5 Å². The predicted octanol–water partition coefficient (Wildman–Crippen LogP) is 5.14. The van der Waals surface area contributed by atoms with Gasteiger partial charge in [0.15, 0.2) is 0 Å². The average Bonchev–Trinajstić information content (AvgIpc) is 3.17. The summed E-state index contributed by atoms with van der Waals surface area (Å²) in [6.45, 7) is 1.91. The van der Waals surface area contributed by atoms with Crippen LogP contribution in [0.3, 0.4) is 0 Å². The zero-order chi connectivity index (χ0) is 18.5. The van der Waals surface area contributed by atoms with E-state index in [0.29, 0.717) is 21.2 Å². The molecule has 1 atom stereocenters. The fraction of sp³-hybridized carbons (Fsp3) is 0.100. The van der Waals surface area contributed by atoms with Crippen LogP contribution in [0, 0.1) is 0 Å². The van der Waals surface area contributed by atoms with Crippen LogP contribution >= 0.6 is 22.9 Å². The SMILES string of the molecule is CC(NC(=O)c1cccc(NC(=O)c2cccs2)c1)c1ccc(Cl)cc1. The van der Waals surface area contributed by atoms with Crippen LogP contribution in [0.4, 0.5) is 5.69 Å². The fourth-order valence-corrected chi connectivity index (χ4v) is 3.20. The van der Waals surface area contributed by atoms with E-state index >= 15 is 0 Å². The van der Waals surface area contributed by atoms with Crippen molar-refractivity contribution in [1.29, 1.82) is 0 Å². The van der Waals surface area contributed by atoms with Crippen molar-refractivity contribution >= 4 is 40.4 Å². The number of carbonyl (C=O) groups is 2. The Morgan fingerprint density at radius 2 is 1.77 bits per heavy atom. The normalized spacial score (nSPS) is 11.6. The molecule has 26 heavy (non-hydrogen) atoms. The number of anilines is 1. The molecule has 4 nitrogen and oxygen atoms in total. The Labute approximate surface area is 160 Å². The number of nitrogens with one attached hydrogen (secondary N) is 2. The monoisotopic (exact) mass is 384 g/mol. The second-order valence-corrected chi connectivity index (χ2v) is 7.14. The molecule has 0 fully saturated rings. The molecular weight excluding hydrogens is 368 g/mol. The lowest BCUT2D eigenvalue weighted by atomic mass is 10.1. The van der Waals surface area contributed by atoms with E-state index in [-0.39, 0.29) is 17.9 Å². The Balaban J connectivity index is 1.68. The van der Waals surface area contributed by atoms with Crippen LogP contribution in [-0.4, -0.2) is 11.8 Å². The average molecular weight is 385 g/mol. The number of amides is 2. The van der Waals surface area contributed by atoms with Gasteiger partial charge in [0, 0.05) is 16.3 Å². The number of carbonyl (C=O) groups excluding carboxylic acids is 2. The van der Waals surface area contributed by atoms with Gasteiger partial charge in [0.2, 0.25) is 0 Å². The van der Waals surface area contributed by atoms with Crippen LogP contribution in [0.2, 0.25) is 5.02 Å². The van der Waals surface area contributed by atoms with Gasteiger partial charge in [-0.1, -0.05) is 35.9 Å². The summed E-state index contributed by atoms with van der Waals surface area (Å²) in [6.07, 6.45) is 0. The first-order chi connectivity index (χ1) is 12.5. The molecule has 0 saturated carbocycles. The first-order valence-corrected chi connectivity index (χ1v) is 9.30. The molecule has 2 amide bonds. The third-order valence-electron chi connectivity index (χ3n) is 3.85. The van der Waals surface area contributed by atoms with Gasteiger partial charge in [-0.05, 0) is 54.3 Å². The van der Waals surface area contributed by atoms with Gasteiger partial charge in [-0.2, -0.15) is 0 Å². The van der Waals surface area contributed by atoms with E-state index in [2.05, 4.69) is 10.6 Å². The van der Waals surface area contributed by atoms with Gasteiger partial charge >= 0.3 is 0 Å². The Morgan fingerprint density at radius 1 is 1.00 bits per heavy atom. The summed E-state index contributed by atoms with van der Waals surface area (Å²) < 4.78 is 0. The molecule has 0 aliphatic carbocycles. The van der Waals surface area contributed by atoms with Crippen molar-refractivity contribution in [1.82, 2.24) is 5.32 Å². The molecule has 0 saturated heterocycles. The van der Waals surface area contributed by atoms with Crippen molar-refractivity contribution in [3.05, 3.63) is 87.1 Å². The van der Waals surface area contributed by atoms with Crippen LogP contribution in [0.25, 0.3) is 0 Å². The van der Waals surface area contributed by atoms with Gasteiger partial charge in [-0.15, -0.1) is 11.3 Å². The molecule has 132 valence electrons.